The van der Waals surface area contributed by atoms with Crippen molar-refractivity contribution in [2.75, 3.05) is 12.4 Å². The Hall–Kier alpha value is -3.15. The average molecular weight is 348 g/mol. The molecule has 1 amide bonds. The molecule has 1 aliphatic carbocycles. The van der Waals surface area contributed by atoms with Crippen LogP contribution in [-0.4, -0.2) is 27.8 Å². The van der Waals surface area contributed by atoms with Crippen molar-refractivity contribution in [1.82, 2.24) is 14.8 Å². The zero-order chi connectivity index (χ0) is 18.0. The van der Waals surface area contributed by atoms with Crippen LogP contribution < -0.4 is 10.1 Å². The molecule has 1 aliphatic rings. The van der Waals surface area contributed by atoms with Crippen molar-refractivity contribution in [3.05, 3.63) is 72.2 Å². The van der Waals surface area contributed by atoms with Gasteiger partial charge >= 0.3 is 0 Å². The molecular weight excluding hydrogens is 328 g/mol. The van der Waals surface area contributed by atoms with E-state index in [0.717, 1.165) is 29.7 Å². The van der Waals surface area contributed by atoms with Crippen molar-refractivity contribution >= 4 is 11.7 Å². The van der Waals surface area contributed by atoms with Crippen LogP contribution in [0.3, 0.4) is 0 Å². The van der Waals surface area contributed by atoms with Gasteiger partial charge in [-0.25, -0.2) is 0 Å². The molecule has 1 fully saturated rings. The summed E-state index contributed by atoms with van der Waals surface area (Å²) < 4.78 is 7.09. The van der Waals surface area contributed by atoms with Gasteiger partial charge in [-0.1, -0.05) is 12.1 Å². The molecule has 0 spiro atoms. The van der Waals surface area contributed by atoms with E-state index in [1.54, 1.807) is 24.2 Å². The second-order valence-electron chi connectivity index (χ2n) is 6.52. The summed E-state index contributed by atoms with van der Waals surface area (Å²) >= 11 is 0. The summed E-state index contributed by atoms with van der Waals surface area (Å²) in [6.07, 6.45) is 7.05. The highest BCUT2D eigenvalue weighted by atomic mass is 16.5. The van der Waals surface area contributed by atoms with E-state index in [2.05, 4.69) is 15.4 Å². The lowest BCUT2D eigenvalue weighted by Crippen LogP contribution is -2.28. The molecule has 1 aromatic carbocycles. The van der Waals surface area contributed by atoms with E-state index in [4.69, 9.17) is 4.74 Å². The fourth-order valence-electron chi connectivity index (χ4n) is 3.12. The summed E-state index contributed by atoms with van der Waals surface area (Å²) in [5.41, 5.74) is 1.63. The first-order valence-electron chi connectivity index (χ1n) is 8.58. The van der Waals surface area contributed by atoms with Crippen LogP contribution in [0, 0.1) is 0 Å². The van der Waals surface area contributed by atoms with Crippen molar-refractivity contribution in [2.45, 2.75) is 24.8 Å². The lowest BCUT2D eigenvalue weighted by atomic mass is 9.95. The zero-order valence-electron chi connectivity index (χ0n) is 14.6. The molecule has 6 nitrogen and oxygen atoms in total. The lowest BCUT2D eigenvalue weighted by Gasteiger charge is -2.15. The third-order valence-electron chi connectivity index (χ3n) is 4.78. The highest BCUT2D eigenvalue weighted by Gasteiger charge is 2.51. The summed E-state index contributed by atoms with van der Waals surface area (Å²) in [7, 11) is 1.63. The van der Waals surface area contributed by atoms with Gasteiger partial charge in [0.15, 0.2) is 5.82 Å². The van der Waals surface area contributed by atoms with E-state index in [1.807, 2.05) is 48.7 Å². The summed E-state index contributed by atoms with van der Waals surface area (Å²) in [4.78, 5) is 16.9. The maximum absolute atomic E-state index is 12.9. The number of carbonyl (C=O) groups is 1. The number of anilines is 1. The minimum Gasteiger partial charge on any atom is -0.497 e. The molecular formula is C20H20N4O2. The predicted octanol–water partition coefficient (Wildman–Crippen LogP) is 3.01. The molecule has 0 radical (unpaired) electrons. The Kier molecular flexibility index (Phi) is 4.16. The van der Waals surface area contributed by atoms with Crippen LogP contribution in [0.5, 0.6) is 5.75 Å². The van der Waals surface area contributed by atoms with E-state index in [-0.39, 0.29) is 5.91 Å². The predicted molar refractivity (Wildman–Crippen MR) is 98.1 cm³/mol. The summed E-state index contributed by atoms with van der Waals surface area (Å²) in [6.45, 7) is 0.638. The van der Waals surface area contributed by atoms with Crippen molar-refractivity contribution in [3.63, 3.8) is 0 Å². The second-order valence-corrected chi connectivity index (χ2v) is 6.52. The van der Waals surface area contributed by atoms with E-state index in [0.29, 0.717) is 12.4 Å². The zero-order valence-corrected chi connectivity index (χ0v) is 14.6. The van der Waals surface area contributed by atoms with Crippen LogP contribution in [0.25, 0.3) is 0 Å². The van der Waals surface area contributed by atoms with E-state index >= 15 is 0 Å². The number of benzene rings is 1. The summed E-state index contributed by atoms with van der Waals surface area (Å²) in [5, 5.41) is 7.42. The average Bonchev–Trinajstić information content (AvgIpc) is 3.39. The summed E-state index contributed by atoms with van der Waals surface area (Å²) in [5.74, 6) is 1.32. The molecule has 6 heteroatoms. The summed E-state index contributed by atoms with van der Waals surface area (Å²) in [6, 6.07) is 13.4. The van der Waals surface area contributed by atoms with Gasteiger partial charge in [0.05, 0.1) is 19.1 Å². The molecule has 0 aliphatic heterocycles. The fourth-order valence-corrected chi connectivity index (χ4v) is 3.12. The van der Waals surface area contributed by atoms with E-state index in [9.17, 15) is 4.79 Å². The topological polar surface area (TPSA) is 69.0 Å². The maximum atomic E-state index is 12.9. The Morgan fingerprint density at radius 3 is 2.77 bits per heavy atom. The third kappa shape index (κ3) is 3.18. The van der Waals surface area contributed by atoms with Crippen LogP contribution in [0.1, 0.15) is 24.0 Å². The van der Waals surface area contributed by atoms with Crippen molar-refractivity contribution in [2.24, 2.45) is 0 Å². The lowest BCUT2D eigenvalue weighted by molar-refractivity contribution is -0.118. The first-order valence-corrected chi connectivity index (χ1v) is 8.58. The molecule has 1 N–H and O–H groups in total. The monoisotopic (exact) mass is 348 g/mol. The molecule has 2 aromatic heterocycles. The first-order chi connectivity index (χ1) is 12.7. The number of ether oxygens (including phenoxy) is 1. The van der Waals surface area contributed by atoms with Gasteiger partial charge in [0, 0.05) is 24.7 Å². The largest absolute Gasteiger partial charge is 0.497 e. The number of amides is 1. The molecule has 0 atom stereocenters. The Morgan fingerprint density at radius 1 is 1.23 bits per heavy atom. The number of rotatable bonds is 6. The molecule has 0 bridgehead atoms. The van der Waals surface area contributed by atoms with Gasteiger partial charge in [-0.2, -0.15) is 5.10 Å². The first kappa shape index (κ1) is 16.3. The quantitative estimate of drug-likeness (QED) is 0.743. The number of carbonyl (C=O) groups excluding carboxylic acids is 1. The molecule has 1 saturated carbocycles. The maximum Gasteiger partial charge on any atom is 0.236 e. The Balaban J connectivity index is 1.46. The third-order valence-corrected chi connectivity index (χ3v) is 4.78. The van der Waals surface area contributed by atoms with Gasteiger partial charge in [0.2, 0.25) is 5.91 Å². The molecule has 4 rings (SSSR count). The van der Waals surface area contributed by atoms with Gasteiger partial charge in [-0.15, -0.1) is 0 Å². The smallest absolute Gasteiger partial charge is 0.236 e. The fraction of sp³-hybridized carbons (Fsp3) is 0.250. The molecule has 0 unspecified atom stereocenters. The van der Waals surface area contributed by atoms with E-state index in [1.165, 1.54) is 0 Å². The number of aromatic nitrogens is 3. The Morgan fingerprint density at radius 2 is 2.04 bits per heavy atom. The number of nitrogens with one attached hydrogen (secondary N) is 1. The number of hydrogen-bond donors (Lipinski definition) is 1. The number of pyridine rings is 1. The van der Waals surface area contributed by atoms with Crippen LogP contribution in [0.2, 0.25) is 0 Å². The van der Waals surface area contributed by atoms with Crippen molar-refractivity contribution in [3.8, 4) is 5.75 Å². The van der Waals surface area contributed by atoms with Crippen molar-refractivity contribution < 1.29 is 9.53 Å². The molecule has 0 saturated heterocycles. The normalized spacial score (nSPS) is 14.7. The van der Waals surface area contributed by atoms with E-state index < -0.39 is 5.41 Å². The molecule has 3 aromatic rings. The highest BCUT2D eigenvalue weighted by Crippen LogP contribution is 2.49. The highest BCUT2D eigenvalue weighted by molar-refractivity contribution is 6.00. The minimum absolute atomic E-state index is 0.0140. The molecule has 132 valence electrons. The minimum atomic E-state index is -0.469. The number of hydrogen-bond acceptors (Lipinski definition) is 4. The van der Waals surface area contributed by atoms with Crippen LogP contribution in [-0.2, 0) is 16.8 Å². The van der Waals surface area contributed by atoms with Gasteiger partial charge < -0.3 is 10.1 Å². The number of nitrogens with zero attached hydrogens (tertiary/aromatic N) is 3. The Bertz CT molecular complexity index is 916. The van der Waals surface area contributed by atoms with Gasteiger partial charge in [-0.05, 0) is 48.2 Å². The van der Waals surface area contributed by atoms with Gasteiger partial charge in [-0.3, -0.25) is 14.5 Å². The second kappa shape index (κ2) is 6.63. The van der Waals surface area contributed by atoms with Crippen molar-refractivity contribution in [1.29, 1.82) is 0 Å². The van der Waals surface area contributed by atoms with Crippen LogP contribution in [0.4, 0.5) is 5.82 Å². The molecule has 26 heavy (non-hydrogen) atoms. The Labute approximate surface area is 151 Å². The van der Waals surface area contributed by atoms with Crippen LogP contribution >= 0.6 is 0 Å². The SMILES string of the molecule is COc1cccc(C2(C(=O)Nc3ccn(Cc4ccncc4)n3)CC2)c1. The van der Waals surface area contributed by atoms with Crippen LogP contribution in [0.15, 0.2) is 61.1 Å². The number of methoxy groups -OCH3 is 1. The van der Waals surface area contributed by atoms with Gasteiger partial charge in [0.1, 0.15) is 5.75 Å². The van der Waals surface area contributed by atoms with Gasteiger partial charge in [0.25, 0.3) is 0 Å². The molecule has 2 heterocycles. The standard InChI is InChI=1S/C20H20N4O2/c1-26-17-4-2-3-16(13-17)20(8-9-20)19(25)22-18-7-12-24(23-18)14-15-5-10-21-11-6-15/h2-7,10-13H,8-9,14H2,1H3,(H,22,23,25).